The molecule has 2 atom stereocenters. The summed E-state index contributed by atoms with van der Waals surface area (Å²) in [5.41, 5.74) is 2.63. The van der Waals surface area contributed by atoms with E-state index in [9.17, 15) is 9.59 Å². The molecule has 7 heteroatoms. The number of carbonyl (C=O) groups is 2. The van der Waals surface area contributed by atoms with Gasteiger partial charge in [-0.1, -0.05) is 49.2 Å². The van der Waals surface area contributed by atoms with Gasteiger partial charge in [-0.15, -0.1) is 11.3 Å². The Kier molecular flexibility index (Phi) is 6.63. The van der Waals surface area contributed by atoms with Gasteiger partial charge >= 0.3 is 0 Å². The lowest BCUT2D eigenvalue weighted by molar-refractivity contribution is -0.135. The number of amides is 2. The van der Waals surface area contributed by atoms with Gasteiger partial charge in [0.25, 0.3) is 5.91 Å². The molecule has 1 saturated heterocycles. The third-order valence-electron chi connectivity index (χ3n) is 8.21. The zero-order valence-corrected chi connectivity index (χ0v) is 22.0. The Morgan fingerprint density at radius 2 is 1.65 bits per heavy atom. The van der Waals surface area contributed by atoms with E-state index < -0.39 is 5.92 Å². The van der Waals surface area contributed by atoms with Crippen LogP contribution in [0.5, 0.6) is 5.75 Å². The fourth-order valence-electron chi connectivity index (χ4n) is 6.42. The van der Waals surface area contributed by atoms with E-state index in [-0.39, 0.29) is 23.9 Å². The maximum Gasteiger partial charge on any atom is 0.254 e. The molecule has 0 radical (unpaired) electrons. The maximum atomic E-state index is 14.4. The molecule has 1 aliphatic carbocycles. The lowest BCUT2D eigenvalue weighted by Crippen LogP contribution is -2.54. The number of thiophene rings is 1. The number of rotatable bonds is 5. The highest BCUT2D eigenvalue weighted by atomic mass is 32.1. The molecule has 0 spiro atoms. The zero-order valence-electron chi connectivity index (χ0n) is 21.2. The number of piperazine rings is 1. The summed E-state index contributed by atoms with van der Waals surface area (Å²) in [5, 5.41) is 2.06. The molecule has 6 rings (SSSR count). The number of hydrogen-bond acceptors (Lipinski definition) is 5. The Balaban J connectivity index is 1.33. The maximum absolute atomic E-state index is 14.4. The quantitative estimate of drug-likeness (QED) is 0.461. The molecule has 3 aliphatic rings. The first-order chi connectivity index (χ1) is 18.2. The third-order valence-corrected chi connectivity index (χ3v) is 9.16. The summed E-state index contributed by atoms with van der Waals surface area (Å²) in [6, 6.07) is 19.9. The molecule has 2 fully saturated rings. The van der Waals surface area contributed by atoms with E-state index in [1.807, 2.05) is 53.4 Å². The number of nitrogens with zero attached hydrogens (tertiary/aromatic N) is 3. The van der Waals surface area contributed by atoms with Crippen LogP contribution in [0.3, 0.4) is 0 Å². The molecular weight excluding hydrogens is 482 g/mol. The molecule has 1 saturated carbocycles. The molecule has 6 nitrogen and oxygen atoms in total. The number of carbonyl (C=O) groups excluding carboxylic acids is 2. The second-order valence-corrected chi connectivity index (χ2v) is 11.1. The molecule has 2 aliphatic heterocycles. The van der Waals surface area contributed by atoms with Crippen LogP contribution in [-0.2, 0) is 4.79 Å². The van der Waals surface area contributed by atoms with Gasteiger partial charge in [0.2, 0.25) is 5.91 Å². The van der Waals surface area contributed by atoms with Gasteiger partial charge < -0.3 is 19.4 Å². The zero-order chi connectivity index (χ0) is 25.4. The van der Waals surface area contributed by atoms with Gasteiger partial charge in [-0.05, 0) is 48.1 Å². The smallest absolute Gasteiger partial charge is 0.254 e. The van der Waals surface area contributed by atoms with E-state index in [0.29, 0.717) is 18.7 Å². The van der Waals surface area contributed by atoms with Crippen molar-refractivity contribution in [1.82, 2.24) is 9.80 Å². The van der Waals surface area contributed by atoms with Crippen molar-refractivity contribution in [2.75, 3.05) is 38.2 Å². The van der Waals surface area contributed by atoms with E-state index in [0.717, 1.165) is 60.7 Å². The Bertz CT molecular complexity index is 1260. The highest BCUT2D eigenvalue weighted by Crippen LogP contribution is 2.48. The predicted molar refractivity (Wildman–Crippen MR) is 146 cm³/mol. The van der Waals surface area contributed by atoms with Gasteiger partial charge in [-0.2, -0.15) is 0 Å². The lowest BCUT2D eigenvalue weighted by Gasteiger charge is -2.46. The second-order valence-electron chi connectivity index (χ2n) is 10.2. The minimum absolute atomic E-state index is 0.0749. The molecule has 192 valence electrons. The fraction of sp³-hybridized carbons (Fsp3) is 0.400. The number of methoxy groups -OCH3 is 1. The highest BCUT2D eigenvalue weighted by Gasteiger charge is 2.48. The Hall–Kier alpha value is -3.32. The molecule has 0 unspecified atom stereocenters. The molecule has 0 bridgehead atoms. The van der Waals surface area contributed by atoms with Crippen LogP contribution in [-0.4, -0.2) is 60.9 Å². The minimum atomic E-state index is -0.397. The monoisotopic (exact) mass is 515 g/mol. The molecule has 0 N–H and O–H groups in total. The topological polar surface area (TPSA) is 53.1 Å². The third kappa shape index (κ3) is 4.29. The summed E-state index contributed by atoms with van der Waals surface area (Å²) in [6.07, 6.45) is 4.29. The van der Waals surface area contributed by atoms with Crippen LogP contribution < -0.4 is 9.64 Å². The summed E-state index contributed by atoms with van der Waals surface area (Å²) < 4.78 is 5.57. The molecule has 37 heavy (non-hydrogen) atoms. The average molecular weight is 516 g/mol. The van der Waals surface area contributed by atoms with Gasteiger partial charge in [0.05, 0.1) is 24.8 Å². The van der Waals surface area contributed by atoms with Crippen molar-refractivity contribution in [1.29, 1.82) is 0 Å². The summed E-state index contributed by atoms with van der Waals surface area (Å²) in [7, 11) is 1.70. The first-order valence-corrected chi connectivity index (χ1v) is 14.2. The molecule has 2 aromatic carbocycles. The van der Waals surface area contributed by atoms with Crippen molar-refractivity contribution in [3.63, 3.8) is 0 Å². The minimum Gasteiger partial charge on any atom is -0.495 e. The Labute approximate surface area is 222 Å². The van der Waals surface area contributed by atoms with Crippen LogP contribution in [0.4, 0.5) is 5.69 Å². The van der Waals surface area contributed by atoms with Crippen molar-refractivity contribution in [2.45, 2.75) is 43.7 Å². The Morgan fingerprint density at radius 1 is 0.919 bits per heavy atom. The number of ether oxygens (including phenoxy) is 1. The van der Waals surface area contributed by atoms with Crippen molar-refractivity contribution in [3.05, 3.63) is 82.0 Å². The van der Waals surface area contributed by atoms with E-state index in [2.05, 4.69) is 27.3 Å². The van der Waals surface area contributed by atoms with E-state index in [1.165, 1.54) is 0 Å². The van der Waals surface area contributed by atoms with Gasteiger partial charge in [-0.25, -0.2) is 0 Å². The number of hydrogen-bond donors (Lipinski definition) is 0. The van der Waals surface area contributed by atoms with Crippen molar-refractivity contribution in [2.24, 2.45) is 0 Å². The highest BCUT2D eigenvalue weighted by molar-refractivity contribution is 7.10. The Morgan fingerprint density at radius 3 is 2.38 bits per heavy atom. The van der Waals surface area contributed by atoms with Crippen LogP contribution >= 0.6 is 11.3 Å². The van der Waals surface area contributed by atoms with Crippen molar-refractivity contribution in [3.8, 4) is 5.75 Å². The van der Waals surface area contributed by atoms with Crippen LogP contribution in [0.2, 0.25) is 0 Å². The molecule has 3 heterocycles. The van der Waals surface area contributed by atoms with E-state index in [4.69, 9.17) is 4.74 Å². The largest absolute Gasteiger partial charge is 0.495 e. The number of anilines is 1. The van der Waals surface area contributed by atoms with Crippen molar-refractivity contribution < 1.29 is 14.3 Å². The second kappa shape index (κ2) is 10.2. The van der Waals surface area contributed by atoms with Gasteiger partial charge in [0, 0.05) is 42.7 Å². The van der Waals surface area contributed by atoms with Crippen LogP contribution in [0.25, 0.3) is 0 Å². The molecule has 1 aromatic heterocycles. The molecule has 2 amide bonds. The number of para-hydroxylation sites is 2. The van der Waals surface area contributed by atoms with Crippen LogP contribution in [0, 0.1) is 0 Å². The summed E-state index contributed by atoms with van der Waals surface area (Å²) in [6.45, 7) is 2.78. The summed E-state index contributed by atoms with van der Waals surface area (Å²) in [4.78, 5) is 35.8. The van der Waals surface area contributed by atoms with Crippen LogP contribution in [0.1, 0.15) is 58.4 Å². The molecular formula is C30H33N3O3S. The van der Waals surface area contributed by atoms with E-state index in [1.54, 1.807) is 18.4 Å². The molecule has 3 aromatic rings. The van der Waals surface area contributed by atoms with Gasteiger partial charge in [-0.3, -0.25) is 9.59 Å². The van der Waals surface area contributed by atoms with Crippen LogP contribution in [0.15, 0.2) is 66.0 Å². The average Bonchev–Trinajstić information content (AvgIpc) is 3.68. The summed E-state index contributed by atoms with van der Waals surface area (Å²) in [5.74, 6) is 0.657. The van der Waals surface area contributed by atoms with Gasteiger partial charge in [0.15, 0.2) is 0 Å². The fourth-order valence-corrected chi connectivity index (χ4v) is 7.28. The van der Waals surface area contributed by atoms with E-state index >= 15 is 0 Å². The first kappa shape index (κ1) is 24.0. The SMILES string of the molecule is COc1ccccc1N1CCN(C(=O)[C@H]2c3ccccc3C(=O)N(C3CCCC3)[C@H]2c2cccs2)CC1. The summed E-state index contributed by atoms with van der Waals surface area (Å²) >= 11 is 1.65. The number of benzene rings is 2. The van der Waals surface area contributed by atoms with Crippen molar-refractivity contribution >= 4 is 28.8 Å². The first-order valence-electron chi connectivity index (χ1n) is 13.3. The standard InChI is InChI=1S/C30H33N3O3S/c1-36-25-14-7-6-13-24(25)31-16-18-32(19-17-31)30(35)27-22-11-4-5-12-23(22)29(34)33(21-9-2-3-10-21)28(27)26-15-8-20-37-26/h4-8,11-15,20-21,27-28H,2-3,9-10,16-19H2,1H3/t27-,28-/m0/s1. The van der Waals surface area contributed by atoms with Gasteiger partial charge in [0.1, 0.15) is 5.75 Å². The number of fused-ring (bicyclic) bond motifs is 1. The normalized spacial score (nSPS) is 22.3. The predicted octanol–water partition coefficient (Wildman–Crippen LogP) is 5.33. The lowest BCUT2D eigenvalue weighted by atomic mass is 9.80.